The summed E-state index contributed by atoms with van der Waals surface area (Å²) in [6, 6.07) is 65.1. The van der Waals surface area contributed by atoms with Crippen molar-refractivity contribution in [2.75, 3.05) is 4.90 Å². The van der Waals surface area contributed by atoms with E-state index in [0.29, 0.717) is 0 Å². The van der Waals surface area contributed by atoms with Crippen LogP contribution in [0.3, 0.4) is 0 Å². The van der Waals surface area contributed by atoms with Crippen LogP contribution in [0.2, 0.25) is 13.1 Å². The Balaban J connectivity index is 1.21. The number of nitrogens with zero attached hydrogens (tertiary/aromatic N) is 1. The minimum absolute atomic E-state index is 1.15. The molecule has 0 radical (unpaired) electrons. The van der Waals surface area contributed by atoms with Gasteiger partial charge in [0.25, 0.3) is 0 Å². The van der Waals surface area contributed by atoms with Crippen LogP contribution >= 0.6 is 11.3 Å². The molecule has 10 rings (SSSR count). The predicted molar refractivity (Wildman–Crippen MR) is 225 cm³/mol. The molecule has 9 aromatic rings. The zero-order valence-electron chi connectivity index (χ0n) is 28.6. The maximum absolute atomic E-state index is 2.53. The van der Waals surface area contributed by atoms with Crippen molar-refractivity contribution >= 4 is 77.8 Å². The number of rotatable bonds is 5. The second-order valence-electron chi connectivity index (χ2n) is 14.1. The van der Waals surface area contributed by atoms with E-state index in [-0.39, 0.29) is 0 Å². The lowest BCUT2D eigenvalue weighted by molar-refractivity contribution is 1.29. The third-order valence-electron chi connectivity index (χ3n) is 10.8. The molecular weight excluding hydrogens is 651 g/mol. The lowest BCUT2D eigenvalue weighted by atomic mass is 9.96. The fourth-order valence-corrected chi connectivity index (χ4v) is 12.5. The van der Waals surface area contributed by atoms with Gasteiger partial charge in [-0.15, -0.1) is 11.3 Å². The van der Waals surface area contributed by atoms with Crippen LogP contribution in [-0.2, 0) is 0 Å². The minimum Gasteiger partial charge on any atom is -0.310 e. The largest absolute Gasteiger partial charge is 0.310 e. The van der Waals surface area contributed by atoms with Gasteiger partial charge in [-0.3, -0.25) is 0 Å². The van der Waals surface area contributed by atoms with Crippen LogP contribution < -0.4 is 15.3 Å². The number of hydrogen-bond donors (Lipinski definition) is 0. The SMILES string of the molecule is C[Si]1(C)c2cccc(N(c3ccc(-c4ccc5ccccc5c4)cc3)c3cccc(-c4ccccc4)c3)c2-c2c1ccc1sc3ccccc3c21. The summed E-state index contributed by atoms with van der Waals surface area (Å²) >= 11 is 1.91. The van der Waals surface area contributed by atoms with Crippen LogP contribution in [0.1, 0.15) is 0 Å². The first-order valence-electron chi connectivity index (χ1n) is 17.7. The number of fused-ring (bicyclic) bond motifs is 8. The molecule has 1 aliphatic rings. The highest BCUT2D eigenvalue weighted by Crippen LogP contribution is 2.48. The molecule has 1 aromatic heterocycles. The zero-order valence-corrected chi connectivity index (χ0v) is 30.4. The summed E-state index contributed by atoms with van der Waals surface area (Å²) in [6.07, 6.45) is 0. The molecule has 0 amide bonds. The van der Waals surface area contributed by atoms with Gasteiger partial charge in [-0.05, 0) is 97.5 Å². The average molecular weight is 686 g/mol. The maximum atomic E-state index is 2.53. The predicted octanol–water partition coefficient (Wildman–Crippen LogP) is 12.8. The van der Waals surface area contributed by atoms with E-state index in [9.17, 15) is 0 Å². The monoisotopic (exact) mass is 685 g/mol. The molecule has 8 aromatic carbocycles. The lowest BCUT2D eigenvalue weighted by Gasteiger charge is -2.29. The molecule has 0 atom stereocenters. The van der Waals surface area contributed by atoms with Crippen molar-refractivity contribution in [1.82, 2.24) is 0 Å². The van der Waals surface area contributed by atoms with E-state index in [1.807, 2.05) is 11.3 Å². The summed E-state index contributed by atoms with van der Waals surface area (Å²) in [7, 11) is -2.00. The Morgan fingerprint density at radius 3 is 1.96 bits per heavy atom. The van der Waals surface area contributed by atoms with Gasteiger partial charge >= 0.3 is 0 Å². The molecule has 0 saturated heterocycles. The van der Waals surface area contributed by atoms with Gasteiger partial charge in [-0.25, -0.2) is 0 Å². The van der Waals surface area contributed by atoms with E-state index in [0.717, 1.165) is 11.4 Å². The quantitative estimate of drug-likeness (QED) is 0.163. The van der Waals surface area contributed by atoms with E-state index in [1.165, 1.54) is 80.4 Å². The first kappa shape index (κ1) is 30.1. The van der Waals surface area contributed by atoms with E-state index >= 15 is 0 Å². The number of thiophene rings is 1. The van der Waals surface area contributed by atoms with Crippen LogP contribution in [0.5, 0.6) is 0 Å². The summed E-state index contributed by atoms with van der Waals surface area (Å²) in [6.45, 7) is 5.06. The highest BCUT2D eigenvalue weighted by Gasteiger charge is 2.41. The van der Waals surface area contributed by atoms with Crippen molar-refractivity contribution < 1.29 is 0 Å². The van der Waals surface area contributed by atoms with Gasteiger partial charge in [0.2, 0.25) is 0 Å². The number of hydrogen-bond acceptors (Lipinski definition) is 2. The van der Waals surface area contributed by atoms with E-state index in [1.54, 1.807) is 0 Å². The molecular formula is C48H35NSSi. The second kappa shape index (κ2) is 11.7. The molecule has 2 heterocycles. The lowest BCUT2D eigenvalue weighted by Crippen LogP contribution is -2.49. The molecule has 1 nitrogen and oxygen atoms in total. The van der Waals surface area contributed by atoms with Crippen LogP contribution in [0.25, 0.3) is 64.3 Å². The fourth-order valence-electron chi connectivity index (χ4n) is 8.31. The Bertz CT molecular complexity index is 2780. The van der Waals surface area contributed by atoms with Gasteiger partial charge in [-0.1, -0.05) is 140 Å². The van der Waals surface area contributed by atoms with Gasteiger partial charge < -0.3 is 4.90 Å². The molecule has 3 heteroatoms. The maximum Gasteiger partial charge on any atom is 0.113 e. The van der Waals surface area contributed by atoms with Crippen molar-refractivity contribution in [3.8, 4) is 33.4 Å². The Morgan fingerprint density at radius 2 is 1.10 bits per heavy atom. The van der Waals surface area contributed by atoms with Gasteiger partial charge in [-0.2, -0.15) is 0 Å². The average Bonchev–Trinajstić information content (AvgIpc) is 3.68. The van der Waals surface area contributed by atoms with Crippen molar-refractivity contribution in [2.24, 2.45) is 0 Å². The Morgan fingerprint density at radius 1 is 0.431 bits per heavy atom. The van der Waals surface area contributed by atoms with Crippen LogP contribution in [0.4, 0.5) is 17.1 Å². The highest BCUT2D eigenvalue weighted by molar-refractivity contribution is 7.26. The molecule has 242 valence electrons. The Kier molecular flexibility index (Phi) is 6.89. The fraction of sp³-hybridized carbons (Fsp3) is 0.0417. The molecule has 0 unspecified atom stereocenters. The van der Waals surface area contributed by atoms with Gasteiger partial charge in [0.15, 0.2) is 0 Å². The third kappa shape index (κ3) is 4.80. The summed E-state index contributed by atoms with van der Waals surface area (Å²) in [5.74, 6) is 0. The van der Waals surface area contributed by atoms with E-state index in [2.05, 4.69) is 194 Å². The van der Waals surface area contributed by atoms with Crippen molar-refractivity contribution in [3.63, 3.8) is 0 Å². The topological polar surface area (TPSA) is 3.24 Å². The first-order valence-corrected chi connectivity index (χ1v) is 21.5. The summed E-state index contributed by atoms with van der Waals surface area (Å²) in [5, 5.41) is 8.33. The van der Waals surface area contributed by atoms with Gasteiger partial charge in [0, 0.05) is 37.1 Å². The molecule has 0 saturated carbocycles. The van der Waals surface area contributed by atoms with Crippen LogP contribution in [0, 0.1) is 0 Å². The Labute approximate surface area is 303 Å². The molecule has 51 heavy (non-hydrogen) atoms. The smallest absolute Gasteiger partial charge is 0.113 e. The summed E-state index contributed by atoms with van der Waals surface area (Å²) in [4.78, 5) is 2.50. The molecule has 0 bridgehead atoms. The molecule has 0 fully saturated rings. The van der Waals surface area contributed by atoms with Crippen molar-refractivity contribution in [2.45, 2.75) is 13.1 Å². The van der Waals surface area contributed by atoms with Crippen LogP contribution in [-0.4, -0.2) is 8.07 Å². The standard InChI is InChI=1S/C48H35NSSi/c1-51(2)44-21-11-19-41(47(44)48-45(51)29-28-43-46(48)40-18-8-9-20-42(40)50-43)49(39-17-10-16-36(31-39)32-12-4-3-5-13-32)38-26-24-34(25-27-38)37-23-22-33-14-6-7-15-35(33)30-37/h3-31H,1-2H3. The zero-order chi connectivity index (χ0) is 34.1. The second-order valence-corrected chi connectivity index (χ2v) is 19.6. The van der Waals surface area contributed by atoms with Gasteiger partial charge in [0.05, 0.1) is 5.69 Å². The van der Waals surface area contributed by atoms with Crippen molar-refractivity contribution in [3.05, 3.63) is 176 Å². The van der Waals surface area contributed by atoms with E-state index in [4.69, 9.17) is 0 Å². The third-order valence-corrected chi connectivity index (χ3v) is 15.5. The van der Waals surface area contributed by atoms with Crippen molar-refractivity contribution in [1.29, 1.82) is 0 Å². The molecule has 0 spiro atoms. The highest BCUT2D eigenvalue weighted by atomic mass is 32.1. The number of benzene rings is 8. The first-order chi connectivity index (χ1) is 25.0. The summed E-state index contributed by atoms with van der Waals surface area (Å²) in [5.41, 5.74) is 11.2. The number of anilines is 3. The van der Waals surface area contributed by atoms with E-state index < -0.39 is 8.07 Å². The summed E-state index contributed by atoms with van der Waals surface area (Å²) < 4.78 is 2.71. The molecule has 1 aliphatic heterocycles. The minimum atomic E-state index is -2.00. The normalized spacial score (nSPS) is 13.1. The molecule has 0 aliphatic carbocycles. The Hall–Kier alpha value is -5.74. The van der Waals surface area contributed by atoms with Gasteiger partial charge in [0.1, 0.15) is 8.07 Å². The molecule has 0 N–H and O–H groups in total. The van der Waals surface area contributed by atoms with Crippen LogP contribution in [0.15, 0.2) is 176 Å².